The number of rotatable bonds is 3. The first-order valence-corrected chi connectivity index (χ1v) is 6.85. The molecule has 1 aromatic carbocycles. The summed E-state index contributed by atoms with van der Waals surface area (Å²) >= 11 is 6.01. The number of nitrogens with zero attached hydrogens (tertiary/aromatic N) is 2. The number of benzene rings is 1. The van der Waals surface area contributed by atoms with Gasteiger partial charge in [0.1, 0.15) is 11.5 Å². The molecule has 0 saturated heterocycles. The maximum atomic E-state index is 11.9. The third kappa shape index (κ3) is 2.62. The molecule has 2 heterocycles. The third-order valence-corrected chi connectivity index (χ3v) is 3.51. The van der Waals surface area contributed by atoms with Crippen LogP contribution in [0.4, 0.5) is 0 Å². The largest absolute Gasteiger partial charge is 0.464 e. The average molecular weight is 301 g/mol. The first-order chi connectivity index (χ1) is 10.2. The van der Waals surface area contributed by atoms with E-state index in [1.807, 2.05) is 40.8 Å². The Morgan fingerprint density at radius 3 is 2.86 bits per heavy atom. The summed E-state index contributed by atoms with van der Waals surface area (Å²) in [6.45, 7) is 0. The van der Waals surface area contributed by atoms with Crippen molar-refractivity contribution in [1.29, 1.82) is 0 Å². The van der Waals surface area contributed by atoms with E-state index >= 15 is 0 Å². The van der Waals surface area contributed by atoms with Gasteiger partial charge in [-0.2, -0.15) is 0 Å². The molecule has 0 aliphatic heterocycles. The van der Waals surface area contributed by atoms with Crippen LogP contribution in [0, 0.1) is 0 Å². The van der Waals surface area contributed by atoms with Gasteiger partial charge in [0.25, 0.3) is 0 Å². The molecular weight excluding hydrogens is 288 g/mol. The molecule has 0 spiro atoms. The van der Waals surface area contributed by atoms with Crippen LogP contribution >= 0.6 is 11.6 Å². The number of hydrogen-bond donors (Lipinski definition) is 0. The highest BCUT2D eigenvalue weighted by Gasteiger charge is 2.14. The zero-order valence-electron chi connectivity index (χ0n) is 11.4. The number of esters is 1. The lowest BCUT2D eigenvalue weighted by molar-refractivity contribution is 0.0592. The van der Waals surface area contributed by atoms with Crippen molar-refractivity contribution in [2.45, 2.75) is 6.42 Å². The van der Waals surface area contributed by atoms with Crippen molar-refractivity contribution in [1.82, 2.24) is 9.38 Å². The molecule has 3 rings (SSSR count). The molecule has 0 saturated carbocycles. The number of halogens is 1. The number of aromatic nitrogens is 2. The van der Waals surface area contributed by atoms with Crippen LogP contribution in [0.3, 0.4) is 0 Å². The quantitative estimate of drug-likeness (QED) is 0.697. The Kier molecular flexibility index (Phi) is 3.62. The zero-order valence-corrected chi connectivity index (χ0v) is 12.2. The molecule has 5 heteroatoms. The molecule has 4 nitrogen and oxygen atoms in total. The van der Waals surface area contributed by atoms with Gasteiger partial charge in [-0.3, -0.25) is 4.40 Å². The number of pyridine rings is 1. The summed E-state index contributed by atoms with van der Waals surface area (Å²) in [6.07, 6.45) is 2.33. The van der Waals surface area contributed by atoms with Gasteiger partial charge in [-0.15, -0.1) is 0 Å². The summed E-state index contributed by atoms with van der Waals surface area (Å²) in [5.41, 5.74) is 2.36. The minimum Gasteiger partial charge on any atom is -0.464 e. The predicted octanol–water partition coefficient (Wildman–Crippen LogP) is 3.37. The normalized spacial score (nSPS) is 10.8. The van der Waals surface area contributed by atoms with Gasteiger partial charge in [0.2, 0.25) is 0 Å². The smallest absolute Gasteiger partial charge is 0.355 e. The molecule has 0 radical (unpaired) electrons. The summed E-state index contributed by atoms with van der Waals surface area (Å²) in [5, 5.41) is 0.682. The molecule has 0 N–H and O–H groups in total. The summed E-state index contributed by atoms with van der Waals surface area (Å²) in [7, 11) is 1.37. The Labute approximate surface area is 126 Å². The van der Waals surface area contributed by atoms with Crippen LogP contribution in [0.1, 0.15) is 21.9 Å². The number of carbonyl (C=O) groups is 1. The summed E-state index contributed by atoms with van der Waals surface area (Å²) in [4.78, 5) is 16.3. The molecule has 0 unspecified atom stereocenters. The molecule has 0 aliphatic carbocycles. The summed E-state index contributed by atoms with van der Waals surface area (Å²) in [5.74, 6) is 0.388. The highest BCUT2D eigenvalue weighted by atomic mass is 35.5. The molecular formula is C16H13ClN2O2. The highest BCUT2D eigenvalue weighted by Crippen LogP contribution is 2.17. The monoisotopic (exact) mass is 300 g/mol. The Morgan fingerprint density at radius 2 is 2.10 bits per heavy atom. The van der Waals surface area contributed by atoms with E-state index in [0.29, 0.717) is 17.1 Å². The number of carbonyl (C=O) groups excluding carboxylic acids is 1. The molecule has 3 aromatic rings. The molecule has 21 heavy (non-hydrogen) atoms. The topological polar surface area (TPSA) is 43.6 Å². The lowest BCUT2D eigenvalue weighted by Gasteiger charge is -2.07. The molecule has 0 amide bonds. The Hall–Kier alpha value is -2.33. The number of fused-ring (bicyclic) bond motifs is 1. The lowest BCUT2D eigenvalue weighted by atomic mass is 10.1. The van der Waals surface area contributed by atoms with E-state index in [4.69, 9.17) is 16.3 Å². The minimum atomic E-state index is -0.383. The molecule has 0 aliphatic rings. The van der Waals surface area contributed by atoms with Gasteiger partial charge in [-0.1, -0.05) is 29.8 Å². The second-order valence-electron chi connectivity index (χ2n) is 4.64. The number of ether oxygens (including phenoxy) is 1. The van der Waals surface area contributed by atoms with Crippen molar-refractivity contribution in [3.63, 3.8) is 0 Å². The molecule has 0 atom stereocenters. The van der Waals surface area contributed by atoms with Gasteiger partial charge in [0.05, 0.1) is 18.8 Å². The fourth-order valence-corrected chi connectivity index (χ4v) is 2.54. The third-order valence-electron chi connectivity index (χ3n) is 3.27. The average Bonchev–Trinajstić information content (AvgIpc) is 2.90. The minimum absolute atomic E-state index is 0.383. The first kappa shape index (κ1) is 13.6. The van der Waals surface area contributed by atoms with E-state index in [9.17, 15) is 4.79 Å². The second-order valence-corrected chi connectivity index (χ2v) is 5.08. The standard InChI is InChI=1S/C16H13ClN2O2/c1-21-16(20)14-7-3-6-13-10-18-15(19(13)14)9-11-4-2-5-12(17)8-11/h2-8,10H,9H2,1H3. The van der Waals surface area contributed by atoms with Crippen LogP contribution in [-0.2, 0) is 11.2 Å². The summed E-state index contributed by atoms with van der Waals surface area (Å²) < 4.78 is 6.64. The molecule has 0 fully saturated rings. The maximum absolute atomic E-state index is 11.9. The maximum Gasteiger partial charge on any atom is 0.355 e. The van der Waals surface area contributed by atoms with Crippen molar-refractivity contribution in [2.75, 3.05) is 7.11 Å². The van der Waals surface area contributed by atoms with Gasteiger partial charge in [0, 0.05) is 11.4 Å². The van der Waals surface area contributed by atoms with Crippen LogP contribution in [0.2, 0.25) is 5.02 Å². The number of hydrogen-bond acceptors (Lipinski definition) is 3. The van der Waals surface area contributed by atoms with Crippen molar-refractivity contribution < 1.29 is 9.53 Å². The molecule has 0 bridgehead atoms. The van der Waals surface area contributed by atoms with Gasteiger partial charge in [-0.25, -0.2) is 9.78 Å². The van der Waals surface area contributed by atoms with Crippen molar-refractivity contribution >= 4 is 23.1 Å². The summed E-state index contributed by atoms with van der Waals surface area (Å²) in [6, 6.07) is 13.0. The Bertz CT molecular complexity index is 811. The van der Waals surface area contributed by atoms with Crippen molar-refractivity contribution in [3.8, 4) is 0 Å². The van der Waals surface area contributed by atoms with Gasteiger partial charge in [-0.05, 0) is 29.8 Å². The second kappa shape index (κ2) is 5.58. The van der Waals surface area contributed by atoms with E-state index in [2.05, 4.69) is 4.98 Å². The van der Waals surface area contributed by atoms with Gasteiger partial charge in [0.15, 0.2) is 0 Å². The fourth-order valence-electron chi connectivity index (χ4n) is 2.33. The SMILES string of the molecule is COC(=O)c1cccc2cnc(Cc3cccc(Cl)c3)n12. The Morgan fingerprint density at radius 1 is 1.29 bits per heavy atom. The lowest BCUT2D eigenvalue weighted by Crippen LogP contribution is -2.10. The molecule has 2 aromatic heterocycles. The van der Waals surface area contributed by atoms with Gasteiger partial charge < -0.3 is 4.74 Å². The van der Waals surface area contributed by atoms with Crippen LogP contribution in [-0.4, -0.2) is 22.5 Å². The van der Waals surface area contributed by atoms with Crippen molar-refractivity contribution in [3.05, 3.63) is 70.8 Å². The molecule has 106 valence electrons. The van der Waals surface area contributed by atoms with E-state index in [1.54, 1.807) is 12.3 Å². The van der Waals surface area contributed by atoms with Crippen LogP contribution < -0.4 is 0 Å². The van der Waals surface area contributed by atoms with E-state index in [0.717, 1.165) is 16.9 Å². The van der Waals surface area contributed by atoms with Crippen LogP contribution in [0.25, 0.3) is 5.52 Å². The van der Waals surface area contributed by atoms with E-state index in [-0.39, 0.29) is 5.97 Å². The van der Waals surface area contributed by atoms with Crippen molar-refractivity contribution in [2.24, 2.45) is 0 Å². The fraction of sp³-hybridized carbons (Fsp3) is 0.125. The number of imidazole rings is 1. The Balaban J connectivity index is 2.09. The van der Waals surface area contributed by atoms with E-state index < -0.39 is 0 Å². The van der Waals surface area contributed by atoms with Crippen LogP contribution in [0.15, 0.2) is 48.7 Å². The first-order valence-electron chi connectivity index (χ1n) is 6.47. The zero-order chi connectivity index (χ0) is 14.8. The predicted molar refractivity (Wildman–Crippen MR) is 80.8 cm³/mol. The van der Waals surface area contributed by atoms with Crippen LogP contribution in [0.5, 0.6) is 0 Å². The van der Waals surface area contributed by atoms with Gasteiger partial charge >= 0.3 is 5.97 Å². The van der Waals surface area contributed by atoms with E-state index in [1.165, 1.54) is 7.11 Å². The number of methoxy groups -OCH3 is 1. The highest BCUT2D eigenvalue weighted by molar-refractivity contribution is 6.30.